The number of amides is 1. The number of pyridine rings is 2. The molecule has 4 heterocycles. The molecule has 33 heavy (non-hydrogen) atoms. The first-order chi connectivity index (χ1) is 16.1. The van der Waals surface area contributed by atoms with E-state index in [0.29, 0.717) is 11.5 Å². The molecule has 0 aromatic carbocycles. The number of aromatic nitrogens is 4. The predicted octanol–water partition coefficient (Wildman–Crippen LogP) is 2.71. The zero-order valence-electron chi connectivity index (χ0n) is 17.9. The van der Waals surface area contributed by atoms with Crippen molar-refractivity contribution in [3.05, 3.63) is 41.2 Å². The van der Waals surface area contributed by atoms with Gasteiger partial charge in [-0.15, -0.1) is 0 Å². The van der Waals surface area contributed by atoms with E-state index >= 15 is 0 Å². The van der Waals surface area contributed by atoms with E-state index in [0.717, 1.165) is 59.8 Å². The van der Waals surface area contributed by atoms with Crippen molar-refractivity contribution < 1.29 is 9.53 Å². The first-order valence-electron chi connectivity index (χ1n) is 11.2. The van der Waals surface area contributed by atoms with E-state index < -0.39 is 0 Å². The second-order valence-electron chi connectivity index (χ2n) is 8.82. The molecule has 2 bridgehead atoms. The minimum Gasteiger partial charge on any atom is -0.378 e. The highest BCUT2D eigenvalue weighted by Gasteiger charge is 2.47. The molecule has 3 aliphatic rings. The quantitative estimate of drug-likeness (QED) is 0.452. The smallest absolute Gasteiger partial charge is 0.223 e. The Balaban J connectivity index is 1.31. The molecule has 3 aromatic rings. The standard InChI is InChI=1S/C23H24BrN7O2/c24-15-11-27-23-20(19(15)28-18-13-2-1-12(9-13)17(18)21(25)32)29-22(30-23)14-3-4-16(26-10-14)31-5-7-33-8-6-31/h1-4,10-13,17-18H,5-9H2,(H2,25,32)(H2,27,28,29,30)/t12-,13-,17+,18-/m1/s1. The van der Waals surface area contributed by atoms with Crippen LogP contribution < -0.4 is 16.0 Å². The van der Waals surface area contributed by atoms with Gasteiger partial charge in [0.05, 0.1) is 29.3 Å². The first kappa shape index (κ1) is 20.6. The van der Waals surface area contributed by atoms with Crippen LogP contribution in [0.5, 0.6) is 0 Å². The lowest BCUT2D eigenvalue weighted by Crippen LogP contribution is -2.41. The molecular weight excluding hydrogens is 486 g/mol. The Bertz CT molecular complexity index is 1240. The topological polar surface area (TPSA) is 122 Å². The average molecular weight is 510 g/mol. The van der Waals surface area contributed by atoms with Crippen LogP contribution in [-0.2, 0) is 9.53 Å². The van der Waals surface area contributed by atoms with Gasteiger partial charge in [0.1, 0.15) is 17.2 Å². The number of rotatable bonds is 5. The lowest BCUT2D eigenvalue weighted by Gasteiger charge is -2.28. The molecule has 2 aliphatic carbocycles. The van der Waals surface area contributed by atoms with E-state index in [9.17, 15) is 4.79 Å². The zero-order valence-corrected chi connectivity index (χ0v) is 19.5. The summed E-state index contributed by atoms with van der Waals surface area (Å²) in [5, 5.41) is 3.59. The van der Waals surface area contributed by atoms with Crippen LogP contribution in [-0.4, -0.2) is 58.2 Å². The van der Waals surface area contributed by atoms with Crippen LogP contribution in [0.3, 0.4) is 0 Å². The summed E-state index contributed by atoms with van der Waals surface area (Å²) < 4.78 is 6.23. The third-order valence-electron chi connectivity index (χ3n) is 6.93. The summed E-state index contributed by atoms with van der Waals surface area (Å²) in [5.74, 6) is 1.62. The van der Waals surface area contributed by atoms with Crippen molar-refractivity contribution >= 4 is 44.5 Å². The molecule has 2 fully saturated rings. The van der Waals surface area contributed by atoms with Crippen molar-refractivity contribution in [2.75, 3.05) is 36.5 Å². The average Bonchev–Trinajstić information content (AvgIpc) is 3.56. The molecule has 10 heteroatoms. The summed E-state index contributed by atoms with van der Waals surface area (Å²) in [4.78, 5) is 31.6. The van der Waals surface area contributed by atoms with E-state index in [4.69, 9.17) is 15.5 Å². The van der Waals surface area contributed by atoms with E-state index in [2.05, 4.69) is 53.3 Å². The number of morpholine rings is 1. The van der Waals surface area contributed by atoms with Gasteiger partial charge in [0.2, 0.25) is 5.91 Å². The maximum absolute atomic E-state index is 12.2. The largest absolute Gasteiger partial charge is 0.378 e. The third kappa shape index (κ3) is 3.57. The Labute approximate surface area is 199 Å². The molecule has 1 saturated carbocycles. The van der Waals surface area contributed by atoms with Gasteiger partial charge in [0.25, 0.3) is 0 Å². The number of primary amides is 1. The van der Waals surface area contributed by atoms with Crippen molar-refractivity contribution in [1.29, 1.82) is 0 Å². The number of fused-ring (bicyclic) bond motifs is 3. The van der Waals surface area contributed by atoms with Gasteiger partial charge in [-0.3, -0.25) is 4.79 Å². The highest BCUT2D eigenvalue weighted by molar-refractivity contribution is 9.10. The summed E-state index contributed by atoms with van der Waals surface area (Å²) in [6, 6.07) is 3.97. The maximum atomic E-state index is 12.2. The fourth-order valence-electron chi connectivity index (χ4n) is 5.29. The van der Waals surface area contributed by atoms with Crippen molar-refractivity contribution in [3.63, 3.8) is 0 Å². The number of H-pyrrole nitrogens is 1. The first-order valence-corrected chi connectivity index (χ1v) is 12.0. The van der Waals surface area contributed by atoms with Crippen molar-refractivity contribution in [2.24, 2.45) is 23.5 Å². The van der Waals surface area contributed by atoms with Crippen LogP contribution in [0.25, 0.3) is 22.6 Å². The van der Waals surface area contributed by atoms with Crippen molar-refractivity contribution in [1.82, 2.24) is 19.9 Å². The number of hydrogen-bond donors (Lipinski definition) is 3. The third-order valence-corrected chi connectivity index (χ3v) is 7.53. The lowest BCUT2D eigenvalue weighted by molar-refractivity contribution is -0.122. The Kier molecular flexibility index (Phi) is 5.06. The normalized spacial score (nSPS) is 26.3. The van der Waals surface area contributed by atoms with Gasteiger partial charge < -0.3 is 25.7 Å². The maximum Gasteiger partial charge on any atom is 0.223 e. The SMILES string of the molecule is NC(=O)[C@@H]1[C@H](Nc2c(Br)cnc3nc(-c4ccc(N5CCOCC5)nc4)[nH]c23)[C@@H]2C=C[C@@H]1C2. The number of carbonyl (C=O) groups excluding carboxylic acids is 1. The van der Waals surface area contributed by atoms with Gasteiger partial charge in [-0.05, 0) is 46.3 Å². The fraction of sp³-hybridized carbons (Fsp3) is 0.391. The Morgan fingerprint density at radius 3 is 2.76 bits per heavy atom. The molecule has 0 spiro atoms. The summed E-state index contributed by atoms with van der Waals surface area (Å²) in [6.45, 7) is 3.12. The second kappa shape index (κ2) is 8.11. The molecule has 4 N–H and O–H groups in total. The van der Waals surface area contributed by atoms with Gasteiger partial charge in [-0.25, -0.2) is 15.0 Å². The highest BCUT2D eigenvalue weighted by atomic mass is 79.9. The molecule has 1 amide bonds. The molecule has 1 saturated heterocycles. The number of hydrogen-bond acceptors (Lipinski definition) is 7. The molecule has 0 radical (unpaired) electrons. The minimum absolute atomic E-state index is 0.0550. The Morgan fingerprint density at radius 2 is 2.00 bits per heavy atom. The van der Waals surface area contributed by atoms with Gasteiger partial charge >= 0.3 is 0 Å². The minimum atomic E-state index is -0.262. The predicted molar refractivity (Wildman–Crippen MR) is 129 cm³/mol. The van der Waals surface area contributed by atoms with Gasteiger partial charge in [0.15, 0.2) is 5.65 Å². The van der Waals surface area contributed by atoms with Crippen LogP contribution in [0.1, 0.15) is 6.42 Å². The summed E-state index contributed by atoms with van der Waals surface area (Å²) in [6.07, 6.45) is 8.82. The monoisotopic (exact) mass is 509 g/mol. The number of halogens is 1. The number of carbonyl (C=O) groups is 1. The van der Waals surface area contributed by atoms with Gasteiger partial charge in [0, 0.05) is 37.1 Å². The van der Waals surface area contributed by atoms with Crippen LogP contribution in [0.15, 0.2) is 41.2 Å². The molecule has 3 aromatic heterocycles. The van der Waals surface area contributed by atoms with Gasteiger partial charge in [-0.2, -0.15) is 0 Å². The van der Waals surface area contributed by atoms with Gasteiger partial charge in [-0.1, -0.05) is 12.2 Å². The molecule has 170 valence electrons. The van der Waals surface area contributed by atoms with E-state index in [1.165, 1.54) is 0 Å². The van der Waals surface area contributed by atoms with Crippen LogP contribution in [0, 0.1) is 17.8 Å². The van der Waals surface area contributed by atoms with Crippen molar-refractivity contribution in [3.8, 4) is 11.4 Å². The fourth-order valence-corrected chi connectivity index (χ4v) is 5.71. The number of ether oxygens (including phenoxy) is 1. The molecule has 6 rings (SSSR count). The number of aromatic amines is 1. The van der Waals surface area contributed by atoms with Crippen LogP contribution >= 0.6 is 15.9 Å². The van der Waals surface area contributed by atoms with E-state index in [1.54, 1.807) is 6.20 Å². The van der Waals surface area contributed by atoms with Crippen LogP contribution in [0.2, 0.25) is 0 Å². The van der Waals surface area contributed by atoms with Crippen LogP contribution in [0.4, 0.5) is 11.5 Å². The Hall–Kier alpha value is -2.98. The number of allylic oxidation sites excluding steroid dienone is 1. The van der Waals surface area contributed by atoms with Crippen molar-refractivity contribution in [2.45, 2.75) is 12.5 Å². The number of nitrogens with two attached hydrogens (primary N) is 1. The highest BCUT2D eigenvalue weighted by Crippen LogP contribution is 2.46. The number of nitrogens with zero attached hydrogens (tertiary/aromatic N) is 4. The molecule has 9 nitrogen and oxygen atoms in total. The van der Waals surface area contributed by atoms with E-state index in [1.807, 2.05) is 18.3 Å². The molecular formula is C23H24BrN7O2. The molecule has 1 aliphatic heterocycles. The number of nitrogens with one attached hydrogen (secondary N) is 2. The second-order valence-corrected chi connectivity index (χ2v) is 9.67. The summed E-state index contributed by atoms with van der Waals surface area (Å²) >= 11 is 3.62. The Morgan fingerprint density at radius 1 is 1.18 bits per heavy atom. The zero-order chi connectivity index (χ0) is 22.5. The van der Waals surface area contributed by atoms with E-state index in [-0.39, 0.29) is 29.7 Å². The number of imidazole rings is 1. The number of anilines is 2. The molecule has 4 atom stereocenters. The summed E-state index contributed by atoms with van der Waals surface area (Å²) in [5.41, 5.74) is 8.86. The summed E-state index contributed by atoms with van der Waals surface area (Å²) in [7, 11) is 0. The molecule has 0 unspecified atom stereocenters. The lowest BCUT2D eigenvalue weighted by atomic mass is 9.88.